The summed E-state index contributed by atoms with van der Waals surface area (Å²) in [6.07, 6.45) is 0. The van der Waals surface area contributed by atoms with Crippen LogP contribution in [0, 0.1) is 9.39 Å². The van der Waals surface area contributed by atoms with Gasteiger partial charge in [-0.3, -0.25) is 4.79 Å². The van der Waals surface area contributed by atoms with E-state index < -0.39 is 11.8 Å². The van der Waals surface area contributed by atoms with Crippen molar-refractivity contribution in [2.45, 2.75) is 6.92 Å². The number of carbonyl (C=O) groups excluding carboxylic acids is 1. The van der Waals surface area contributed by atoms with Crippen LogP contribution in [0.15, 0.2) is 18.2 Å². The Bertz CT molecular complexity index is 312. The third kappa shape index (κ3) is 2.44. The molecule has 0 aliphatic heterocycles. The summed E-state index contributed by atoms with van der Waals surface area (Å²) in [5.74, 6) is -1.06. The Morgan fingerprint density at radius 1 is 1.58 bits per heavy atom. The van der Waals surface area contributed by atoms with E-state index in [-0.39, 0.29) is 5.75 Å². The molecule has 1 aromatic carbocycles. The summed E-state index contributed by atoms with van der Waals surface area (Å²) in [6, 6.07) is 4.40. The molecule has 0 heterocycles. The van der Waals surface area contributed by atoms with Crippen molar-refractivity contribution in [1.29, 1.82) is 0 Å². The van der Waals surface area contributed by atoms with Gasteiger partial charge in [-0.05, 0) is 40.8 Å². The van der Waals surface area contributed by atoms with Gasteiger partial charge in [0.15, 0.2) is 11.6 Å². The van der Waals surface area contributed by atoms with E-state index in [2.05, 4.69) is 4.74 Å². The Balaban J connectivity index is 2.93. The molecule has 0 saturated heterocycles. The topological polar surface area (TPSA) is 26.3 Å². The standard InChI is InChI=1S/C8H6FIO2/c1-5(11)12-8-3-2-6(10)4-7(8)9/h2-4H,1H3. The number of benzene rings is 1. The molecule has 0 aliphatic rings. The van der Waals surface area contributed by atoms with Crippen LogP contribution >= 0.6 is 22.6 Å². The molecule has 0 aliphatic carbocycles. The summed E-state index contributed by atoms with van der Waals surface area (Å²) in [5, 5.41) is 0. The normalized spacial score (nSPS) is 9.58. The van der Waals surface area contributed by atoms with Crippen LogP contribution in [0.1, 0.15) is 6.92 Å². The molecule has 0 N–H and O–H groups in total. The summed E-state index contributed by atoms with van der Waals surface area (Å²) in [6.45, 7) is 1.23. The molecule has 1 aromatic rings. The highest BCUT2D eigenvalue weighted by Gasteiger charge is 2.05. The van der Waals surface area contributed by atoms with Gasteiger partial charge in [0.05, 0.1) is 0 Å². The van der Waals surface area contributed by atoms with Crippen molar-refractivity contribution in [3.63, 3.8) is 0 Å². The summed E-state index contributed by atoms with van der Waals surface area (Å²) in [7, 11) is 0. The van der Waals surface area contributed by atoms with Gasteiger partial charge in [0, 0.05) is 10.5 Å². The Labute approximate surface area is 82.9 Å². The smallest absolute Gasteiger partial charge is 0.308 e. The number of ether oxygens (including phenoxy) is 1. The first-order chi connectivity index (χ1) is 5.59. The minimum Gasteiger partial charge on any atom is -0.424 e. The van der Waals surface area contributed by atoms with Crippen LogP contribution in [-0.4, -0.2) is 5.97 Å². The van der Waals surface area contributed by atoms with Crippen molar-refractivity contribution in [1.82, 2.24) is 0 Å². The van der Waals surface area contributed by atoms with Gasteiger partial charge in [-0.15, -0.1) is 0 Å². The molecule has 0 unspecified atom stereocenters. The maximum absolute atomic E-state index is 12.9. The van der Waals surface area contributed by atoms with Gasteiger partial charge in [-0.1, -0.05) is 0 Å². The number of rotatable bonds is 1. The lowest BCUT2D eigenvalue weighted by Gasteiger charge is -2.01. The summed E-state index contributed by atoms with van der Waals surface area (Å²) in [5.41, 5.74) is 0. The van der Waals surface area contributed by atoms with Gasteiger partial charge in [-0.2, -0.15) is 0 Å². The van der Waals surface area contributed by atoms with Crippen molar-refractivity contribution < 1.29 is 13.9 Å². The van der Waals surface area contributed by atoms with Crippen LogP contribution in [0.3, 0.4) is 0 Å². The first-order valence-corrected chi connectivity index (χ1v) is 4.31. The van der Waals surface area contributed by atoms with Gasteiger partial charge >= 0.3 is 5.97 Å². The second-order valence-electron chi connectivity index (χ2n) is 2.17. The largest absolute Gasteiger partial charge is 0.424 e. The van der Waals surface area contributed by atoms with E-state index in [1.807, 2.05) is 22.6 Å². The molecule has 0 radical (unpaired) electrons. The molecule has 0 saturated carbocycles. The average molecular weight is 280 g/mol. The van der Waals surface area contributed by atoms with Gasteiger partial charge in [-0.25, -0.2) is 4.39 Å². The number of hydrogen-bond acceptors (Lipinski definition) is 2. The number of carbonyl (C=O) groups is 1. The Hall–Kier alpha value is -0.650. The van der Waals surface area contributed by atoms with Crippen molar-refractivity contribution in [3.8, 4) is 5.75 Å². The predicted molar refractivity (Wildman–Crippen MR) is 50.4 cm³/mol. The molecule has 0 aromatic heterocycles. The molecule has 4 heteroatoms. The monoisotopic (exact) mass is 280 g/mol. The molecule has 12 heavy (non-hydrogen) atoms. The van der Waals surface area contributed by atoms with Crippen molar-refractivity contribution in [2.24, 2.45) is 0 Å². The van der Waals surface area contributed by atoms with Crippen LogP contribution in [0.2, 0.25) is 0 Å². The second-order valence-corrected chi connectivity index (χ2v) is 3.41. The van der Waals surface area contributed by atoms with E-state index in [0.29, 0.717) is 0 Å². The first kappa shape index (κ1) is 9.44. The Kier molecular flexibility index (Phi) is 3.02. The summed E-state index contributed by atoms with van der Waals surface area (Å²) >= 11 is 1.98. The van der Waals surface area contributed by atoms with E-state index in [1.165, 1.54) is 19.1 Å². The molecule has 0 spiro atoms. The molecule has 2 nitrogen and oxygen atoms in total. The van der Waals surface area contributed by atoms with Gasteiger partial charge in [0.1, 0.15) is 0 Å². The summed E-state index contributed by atoms with van der Waals surface area (Å²) in [4.78, 5) is 10.5. The van der Waals surface area contributed by atoms with E-state index in [1.54, 1.807) is 6.07 Å². The molecule has 0 bridgehead atoms. The number of esters is 1. The molecular formula is C8H6FIO2. The minimum absolute atomic E-state index is 0.0251. The van der Waals surface area contributed by atoms with E-state index in [0.717, 1.165) is 3.57 Å². The molecule has 64 valence electrons. The lowest BCUT2D eigenvalue weighted by molar-refractivity contribution is -0.132. The average Bonchev–Trinajstić information content (AvgIpc) is 1.94. The third-order valence-electron chi connectivity index (χ3n) is 1.15. The fraction of sp³-hybridized carbons (Fsp3) is 0.125. The zero-order valence-corrected chi connectivity index (χ0v) is 8.46. The first-order valence-electron chi connectivity index (χ1n) is 3.23. The zero-order valence-electron chi connectivity index (χ0n) is 6.30. The molecule has 1 rings (SSSR count). The third-order valence-corrected chi connectivity index (χ3v) is 1.82. The lowest BCUT2D eigenvalue weighted by atomic mass is 10.3. The SMILES string of the molecule is CC(=O)Oc1ccc(I)cc1F. The molecule has 0 fully saturated rings. The Morgan fingerprint density at radius 3 is 2.75 bits per heavy atom. The van der Waals surface area contributed by atoms with Crippen LogP contribution in [-0.2, 0) is 4.79 Å². The van der Waals surface area contributed by atoms with Crippen LogP contribution in [0.4, 0.5) is 4.39 Å². The highest BCUT2D eigenvalue weighted by molar-refractivity contribution is 14.1. The molecular weight excluding hydrogens is 274 g/mol. The fourth-order valence-corrected chi connectivity index (χ4v) is 1.17. The van der Waals surface area contributed by atoms with Crippen molar-refractivity contribution in [2.75, 3.05) is 0 Å². The highest BCUT2D eigenvalue weighted by Crippen LogP contribution is 2.19. The second kappa shape index (κ2) is 3.84. The lowest BCUT2D eigenvalue weighted by Crippen LogP contribution is -2.02. The fourth-order valence-electron chi connectivity index (χ4n) is 0.713. The predicted octanol–water partition coefficient (Wildman–Crippen LogP) is 2.36. The van der Waals surface area contributed by atoms with Crippen molar-refractivity contribution in [3.05, 3.63) is 27.6 Å². The number of hydrogen-bond donors (Lipinski definition) is 0. The van der Waals surface area contributed by atoms with Gasteiger partial charge in [0.2, 0.25) is 0 Å². The van der Waals surface area contributed by atoms with E-state index in [9.17, 15) is 9.18 Å². The summed E-state index contributed by atoms with van der Waals surface area (Å²) < 4.78 is 18.3. The number of halogens is 2. The maximum atomic E-state index is 12.9. The quantitative estimate of drug-likeness (QED) is 0.448. The van der Waals surface area contributed by atoms with E-state index >= 15 is 0 Å². The van der Waals surface area contributed by atoms with Crippen LogP contribution in [0.5, 0.6) is 5.75 Å². The van der Waals surface area contributed by atoms with Crippen molar-refractivity contribution >= 4 is 28.6 Å². The zero-order chi connectivity index (χ0) is 9.14. The maximum Gasteiger partial charge on any atom is 0.308 e. The van der Waals surface area contributed by atoms with Crippen LogP contribution < -0.4 is 4.74 Å². The highest BCUT2D eigenvalue weighted by atomic mass is 127. The molecule has 0 atom stereocenters. The van der Waals surface area contributed by atoms with Crippen LogP contribution in [0.25, 0.3) is 0 Å². The van der Waals surface area contributed by atoms with Gasteiger partial charge < -0.3 is 4.74 Å². The minimum atomic E-state index is -0.518. The Morgan fingerprint density at radius 2 is 2.25 bits per heavy atom. The van der Waals surface area contributed by atoms with E-state index in [4.69, 9.17) is 0 Å². The molecule has 0 amide bonds. The van der Waals surface area contributed by atoms with Gasteiger partial charge in [0.25, 0.3) is 0 Å².